The average molecular weight is 335 g/mol. The van der Waals surface area contributed by atoms with Crippen molar-refractivity contribution in [1.82, 2.24) is 9.47 Å². The molecule has 1 aliphatic heterocycles. The van der Waals surface area contributed by atoms with Crippen LogP contribution in [0.25, 0.3) is 10.9 Å². The summed E-state index contributed by atoms with van der Waals surface area (Å²) in [5.74, 6) is -1.23. The fraction of sp³-hybridized carbons (Fsp3) is 0.412. The van der Waals surface area contributed by atoms with E-state index < -0.39 is 11.9 Å². The molecule has 1 amide bonds. The Morgan fingerprint density at radius 3 is 2.91 bits per heavy atom. The van der Waals surface area contributed by atoms with Crippen molar-refractivity contribution in [1.29, 1.82) is 0 Å². The lowest BCUT2D eigenvalue weighted by Crippen LogP contribution is -2.42. The van der Waals surface area contributed by atoms with E-state index in [1.807, 2.05) is 35.0 Å². The van der Waals surface area contributed by atoms with Gasteiger partial charge in [0.1, 0.15) is 0 Å². The summed E-state index contributed by atoms with van der Waals surface area (Å²) in [6, 6.07) is 7.69. The third-order valence-electron chi connectivity index (χ3n) is 4.43. The van der Waals surface area contributed by atoms with E-state index in [9.17, 15) is 9.59 Å². The molecule has 23 heavy (non-hydrogen) atoms. The van der Waals surface area contributed by atoms with Crippen LogP contribution in [0.15, 0.2) is 30.5 Å². The zero-order valence-electron chi connectivity index (χ0n) is 12.7. The molecule has 1 aliphatic rings. The van der Waals surface area contributed by atoms with Gasteiger partial charge in [-0.1, -0.05) is 17.7 Å². The molecule has 0 radical (unpaired) electrons. The van der Waals surface area contributed by atoms with Crippen LogP contribution < -0.4 is 0 Å². The Bertz CT molecular complexity index is 741. The topological polar surface area (TPSA) is 62.5 Å². The third kappa shape index (κ3) is 3.50. The fourth-order valence-corrected chi connectivity index (χ4v) is 3.30. The first-order valence-electron chi connectivity index (χ1n) is 7.79. The zero-order chi connectivity index (χ0) is 16.4. The molecule has 5 nitrogen and oxygen atoms in total. The van der Waals surface area contributed by atoms with E-state index >= 15 is 0 Å². The number of carbonyl (C=O) groups is 2. The van der Waals surface area contributed by atoms with Crippen molar-refractivity contribution in [3.63, 3.8) is 0 Å². The minimum absolute atomic E-state index is 0.0137. The van der Waals surface area contributed by atoms with Crippen molar-refractivity contribution in [2.45, 2.75) is 25.8 Å². The molecule has 0 saturated carbocycles. The maximum absolute atomic E-state index is 12.4. The van der Waals surface area contributed by atoms with Crippen molar-refractivity contribution in [3.05, 3.63) is 35.5 Å². The van der Waals surface area contributed by atoms with Crippen molar-refractivity contribution in [2.75, 3.05) is 13.1 Å². The highest BCUT2D eigenvalue weighted by atomic mass is 35.5. The number of carbonyl (C=O) groups excluding carboxylic acids is 1. The molecular weight excluding hydrogens is 316 g/mol. The van der Waals surface area contributed by atoms with E-state index in [2.05, 4.69) is 0 Å². The molecule has 1 saturated heterocycles. The van der Waals surface area contributed by atoms with Crippen molar-refractivity contribution < 1.29 is 14.7 Å². The van der Waals surface area contributed by atoms with Crippen LogP contribution in [0, 0.1) is 5.92 Å². The summed E-state index contributed by atoms with van der Waals surface area (Å²) in [5.41, 5.74) is 1.01. The van der Waals surface area contributed by atoms with Gasteiger partial charge in [0.05, 0.1) is 5.92 Å². The fourth-order valence-electron chi connectivity index (χ4n) is 3.13. The quantitative estimate of drug-likeness (QED) is 0.934. The molecular formula is C17H19ClN2O3. The second kappa shape index (κ2) is 6.62. The summed E-state index contributed by atoms with van der Waals surface area (Å²) < 4.78 is 2.01. The highest BCUT2D eigenvalue weighted by Crippen LogP contribution is 2.21. The molecule has 1 unspecified atom stereocenters. The lowest BCUT2D eigenvalue weighted by atomic mass is 9.98. The molecule has 0 bridgehead atoms. The van der Waals surface area contributed by atoms with Gasteiger partial charge in [-0.25, -0.2) is 0 Å². The first kappa shape index (κ1) is 15.9. The van der Waals surface area contributed by atoms with Crippen LogP contribution in [0.4, 0.5) is 0 Å². The second-order valence-electron chi connectivity index (χ2n) is 5.98. The summed E-state index contributed by atoms with van der Waals surface area (Å²) in [5, 5.41) is 10.9. The van der Waals surface area contributed by atoms with Gasteiger partial charge in [-0.05, 0) is 36.4 Å². The van der Waals surface area contributed by atoms with E-state index in [4.69, 9.17) is 16.7 Å². The molecule has 1 N–H and O–H groups in total. The Morgan fingerprint density at radius 2 is 2.13 bits per heavy atom. The molecule has 122 valence electrons. The molecule has 1 aromatic heterocycles. The maximum Gasteiger partial charge on any atom is 0.308 e. The van der Waals surface area contributed by atoms with Crippen molar-refractivity contribution in [2.24, 2.45) is 5.92 Å². The number of halogens is 1. The maximum atomic E-state index is 12.4. The van der Waals surface area contributed by atoms with Crippen LogP contribution in [-0.4, -0.2) is 39.5 Å². The predicted molar refractivity (Wildman–Crippen MR) is 88.5 cm³/mol. The number of aryl methyl sites for hydroxylation is 1. The lowest BCUT2D eigenvalue weighted by molar-refractivity contribution is -0.145. The Labute approximate surface area is 139 Å². The smallest absolute Gasteiger partial charge is 0.308 e. The van der Waals surface area contributed by atoms with E-state index in [0.717, 1.165) is 17.3 Å². The van der Waals surface area contributed by atoms with Crippen LogP contribution >= 0.6 is 11.6 Å². The van der Waals surface area contributed by atoms with Crippen LogP contribution in [0.2, 0.25) is 5.02 Å². The van der Waals surface area contributed by atoms with Gasteiger partial charge in [-0.2, -0.15) is 0 Å². The number of aromatic nitrogens is 1. The number of rotatable bonds is 4. The number of hydrogen-bond acceptors (Lipinski definition) is 2. The van der Waals surface area contributed by atoms with E-state index in [-0.39, 0.29) is 5.91 Å². The third-order valence-corrected chi connectivity index (χ3v) is 4.66. The van der Waals surface area contributed by atoms with Gasteiger partial charge in [-0.15, -0.1) is 0 Å². The second-order valence-corrected chi connectivity index (χ2v) is 6.42. The molecule has 6 heteroatoms. The van der Waals surface area contributed by atoms with Gasteiger partial charge < -0.3 is 14.6 Å². The van der Waals surface area contributed by atoms with Crippen molar-refractivity contribution in [3.8, 4) is 0 Å². The van der Waals surface area contributed by atoms with Gasteiger partial charge in [0.15, 0.2) is 0 Å². The van der Waals surface area contributed by atoms with Crippen LogP contribution in [0.3, 0.4) is 0 Å². The molecule has 1 fully saturated rings. The number of amides is 1. The largest absolute Gasteiger partial charge is 0.481 e. The van der Waals surface area contributed by atoms with Gasteiger partial charge >= 0.3 is 5.97 Å². The van der Waals surface area contributed by atoms with Crippen molar-refractivity contribution >= 4 is 34.4 Å². The highest BCUT2D eigenvalue weighted by molar-refractivity contribution is 6.31. The first-order valence-corrected chi connectivity index (χ1v) is 8.17. The number of carboxylic acid groups (broad SMARTS) is 1. The minimum atomic E-state index is -0.812. The number of piperidine rings is 1. The number of hydrogen-bond donors (Lipinski definition) is 1. The van der Waals surface area contributed by atoms with Gasteiger partial charge in [0.2, 0.25) is 5.91 Å². The number of fused-ring (bicyclic) bond motifs is 1. The normalized spacial score (nSPS) is 18.3. The number of aliphatic carboxylic acids is 1. The van der Waals surface area contributed by atoms with E-state index in [1.165, 1.54) is 0 Å². The monoisotopic (exact) mass is 334 g/mol. The zero-order valence-corrected chi connectivity index (χ0v) is 13.5. The standard InChI is InChI=1S/C17H19ClN2O3/c18-14-4-3-12-5-8-19(15(12)10-14)9-6-16(21)20-7-1-2-13(11-20)17(22)23/h3-5,8,10,13H,1-2,6-7,9,11H2,(H,22,23). The average Bonchev–Trinajstić information content (AvgIpc) is 2.95. The Balaban J connectivity index is 1.64. The van der Waals surface area contributed by atoms with Crippen LogP contribution in [-0.2, 0) is 16.1 Å². The summed E-state index contributed by atoms with van der Waals surface area (Å²) in [6.45, 7) is 1.55. The first-order chi connectivity index (χ1) is 11.0. The van der Waals surface area contributed by atoms with E-state index in [0.29, 0.717) is 37.5 Å². The van der Waals surface area contributed by atoms with Crippen LogP contribution in [0.1, 0.15) is 19.3 Å². The summed E-state index contributed by atoms with van der Waals surface area (Å²) >= 11 is 6.03. The molecule has 1 atom stereocenters. The predicted octanol–water partition coefficient (Wildman–Crippen LogP) is 3.01. The molecule has 0 spiro atoms. The number of carboxylic acids is 1. The minimum Gasteiger partial charge on any atom is -0.481 e. The highest BCUT2D eigenvalue weighted by Gasteiger charge is 2.27. The lowest BCUT2D eigenvalue weighted by Gasteiger charge is -2.30. The summed E-state index contributed by atoms with van der Waals surface area (Å²) in [6.07, 6.45) is 3.72. The molecule has 2 aromatic rings. The molecule has 2 heterocycles. The molecule has 0 aliphatic carbocycles. The SMILES string of the molecule is O=C(O)C1CCCN(C(=O)CCn2ccc3ccc(Cl)cc32)C1. The van der Waals surface area contributed by atoms with E-state index in [1.54, 1.807) is 4.90 Å². The Hall–Kier alpha value is -2.01. The summed E-state index contributed by atoms with van der Waals surface area (Å²) in [4.78, 5) is 25.1. The number of benzene rings is 1. The van der Waals surface area contributed by atoms with Gasteiger partial charge in [0.25, 0.3) is 0 Å². The Kier molecular flexibility index (Phi) is 4.57. The van der Waals surface area contributed by atoms with Gasteiger partial charge in [-0.3, -0.25) is 9.59 Å². The Morgan fingerprint density at radius 1 is 1.30 bits per heavy atom. The molecule has 3 rings (SSSR count). The molecule has 1 aromatic carbocycles. The van der Waals surface area contributed by atoms with Crippen LogP contribution in [0.5, 0.6) is 0 Å². The summed E-state index contributed by atoms with van der Waals surface area (Å²) in [7, 11) is 0. The van der Waals surface area contributed by atoms with Gasteiger partial charge in [0, 0.05) is 42.8 Å². The number of likely N-dealkylation sites (tertiary alicyclic amines) is 1. The number of nitrogens with zero attached hydrogens (tertiary/aromatic N) is 2.